The van der Waals surface area contributed by atoms with Gasteiger partial charge in [0.1, 0.15) is 6.54 Å². The number of piperidine rings is 1. The highest BCUT2D eigenvalue weighted by atomic mass is 16.2. The summed E-state index contributed by atoms with van der Waals surface area (Å²) in [6, 6.07) is 9.96. The smallest absolute Gasteiger partial charge is 0.244 e. The molecule has 122 valence electrons. The van der Waals surface area contributed by atoms with Crippen molar-refractivity contribution >= 4 is 16.9 Å². The van der Waals surface area contributed by atoms with Gasteiger partial charge in [0.15, 0.2) is 5.65 Å². The molecular weight excluding hydrogens is 302 g/mol. The highest BCUT2D eigenvalue weighted by Crippen LogP contribution is 2.27. The van der Waals surface area contributed by atoms with Crippen LogP contribution in [-0.4, -0.2) is 43.6 Å². The van der Waals surface area contributed by atoms with Crippen molar-refractivity contribution in [3.05, 3.63) is 54.6 Å². The van der Waals surface area contributed by atoms with Crippen LogP contribution in [0.25, 0.3) is 11.0 Å². The first-order valence-electron chi connectivity index (χ1n) is 8.26. The highest BCUT2D eigenvalue weighted by Gasteiger charge is 2.24. The Morgan fingerprint density at radius 1 is 1.12 bits per heavy atom. The molecule has 0 aromatic carbocycles. The Hall–Kier alpha value is -2.76. The van der Waals surface area contributed by atoms with Gasteiger partial charge in [-0.05, 0) is 43.2 Å². The second-order valence-corrected chi connectivity index (χ2v) is 6.14. The summed E-state index contributed by atoms with van der Waals surface area (Å²) in [7, 11) is 0. The lowest BCUT2D eigenvalue weighted by Gasteiger charge is -2.31. The molecule has 3 aromatic heterocycles. The van der Waals surface area contributed by atoms with Crippen molar-refractivity contribution in [2.24, 2.45) is 0 Å². The number of nitrogens with zero attached hydrogens (tertiary/aromatic N) is 5. The van der Waals surface area contributed by atoms with Crippen molar-refractivity contribution in [3.63, 3.8) is 0 Å². The zero-order chi connectivity index (χ0) is 16.4. The molecule has 1 fully saturated rings. The van der Waals surface area contributed by atoms with Crippen molar-refractivity contribution in [1.29, 1.82) is 0 Å². The van der Waals surface area contributed by atoms with Crippen LogP contribution in [0, 0.1) is 0 Å². The molecule has 4 heterocycles. The Balaban J connectivity index is 1.40. The molecule has 1 aliphatic heterocycles. The number of amides is 1. The summed E-state index contributed by atoms with van der Waals surface area (Å²) in [5.41, 5.74) is 1.88. The standard InChI is InChI=1S/C18H19N5O/c24-17(13-23-10-2-9-20-23)22-11-6-14(7-12-22)16-5-4-15-3-1-8-19-18(15)21-16/h1-5,8-10,14H,6-7,11-13H2. The van der Waals surface area contributed by atoms with Crippen LogP contribution >= 0.6 is 0 Å². The highest BCUT2D eigenvalue weighted by molar-refractivity contribution is 5.76. The van der Waals surface area contributed by atoms with Gasteiger partial charge in [0.05, 0.1) is 0 Å². The summed E-state index contributed by atoms with van der Waals surface area (Å²) in [4.78, 5) is 23.3. The largest absolute Gasteiger partial charge is 0.341 e. The molecule has 6 nitrogen and oxygen atoms in total. The minimum atomic E-state index is 0.130. The quantitative estimate of drug-likeness (QED) is 0.742. The molecule has 3 aromatic rings. The number of rotatable bonds is 3. The maximum Gasteiger partial charge on any atom is 0.244 e. The lowest BCUT2D eigenvalue weighted by molar-refractivity contribution is -0.133. The van der Waals surface area contributed by atoms with Gasteiger partial charge in [-0.1, -0.05) is 0 Å². The van der Waals surface area contributed by atoms with Crippen LogP contribution in [0.15, 0.2) is 48.9 Å². The molecule has 0 N–H and O–H groups in total. The van der Waals surface area contributed by atoms with E-state index in [1.807, 2.05) is 29.3 Å². The van der Waals surface area contributed by atoms with Gasteiger partial charge in [0, 0.05) is 48.7 Å². The summed E-state index contributed by atoms with van der Waals surface area (Å²) >= 11 is 0. The molecule has 1 amide bonds. The van der Waals surface area contributed by atoms with Gasteiger partial charge in [-0.3, -0.25) is 9.48 Å². The lowest BCUT2D eigenvalue weighted by Crippen LogP contribution is -2.39. The molecule has 0 saturated carbocycles. The Kier molecular flexibility index (Phi) is 3.94. The van der Waals surface area contributed by atoms with Crippen LogP contribution in [0.4, 0.5) is 0 Å². The van der Waals surface area contributed by atoms with Crippen LogP contribution in [-0.2, 0) is 11.3 Å². The molecule has 24 heavy (non-hydrogen) atoms. The maximum absolute atomic E-state index is 12.3. The molecule has 0 aliphatic carbocycles. The fourth-order valence-corrected chi connectivity index (χ4v) is 3.25. The molecule has 1 saturated heterocycles. The molecule has 0 spiro atoms. The summed E-state index contributed by atoms with van der Waals surface area (Å²) in [5.74, 6) is 0.524. The number of likely N-dealkylation sites (tertiary alicyclic amines) is 1. The predicted molar refractivity (Wildman–Crippen MR) is 90.3 cm³/mol. The monoisotopic (exact) mass is 321 g/mol. The topological polar surface area (TPSA) is 63.9 Å². The molecule has 4 rings (SSSR count). The molecule has 6 heteroatoms. The molecule has 1 aliphatic rings. The molecule has 0 atom stereocenters. The van der Waals surface area contributed by atoms with E-state index in [1.165, 1.54) is 0 Å². The van der Waals surface area contributed by atoms with Crippen molar-refractivity contribution < 1.29 is 4.79 Å². The Bertz CT molecular complexity index is 838. The van der Waals surface area contributed by atoms with Gasteiger partial charge in [-0.15, -0.1) is 0 Å². The fourth-order valence-electron chi connectivity index (χ4n) is 3.25. The molecule has 0 bridgehead atoms. The van der Waals surface area contributed by atoms with Gasteiger partial charge in [-0.2, -0.15) is 5.10 Å². The average Bonchev–Trinajstić information content (AvgIpc) is 3.14. The van der Waals surface area contributed by atoms with E-state index in [2.05, 4.69) is 22.2 Å². The second-order valence-electron chi connectivity index (χ2n) is 6.14. The Morgan fingerprint density at radius 2 is 2.00 bits per heavy atom. The number of fused-ring (bicyclic) bond motifs is 1. The van der Waals surface area contributed by atoms with Crippen molar-refractivity contribution in [3.8, 4) is 0 Å². The summed E-state index contributed by atoms with van der Waals surface area (Å²) in [6.07, 6.45) is 7.16. The Labute approximate surface area is 140 Å². The van der Waals surface area contributed by atoms with E-state index in [9.17, 15) is 4.79 Å². The summed E-state index contributed by atoms with van der Waals surface area (Å²) in [5, 5.41) is 5.16. The minimum absolute atomic E-state index is 0.130. The number of carbonyl (C=O) groups excluding carboxylic acids is 1. The van der Waals surface area contributed by atoms with E-state index >= 15 is 0 Å². The zero-order valence-electron chi connectivity index (χ0n) is 13.4. The van der Waals surface area contributed by atoms with Gasteiger partial charge < -0.3 is 4.90 Å². The van der Waals surface area contributed by atoms with Crippen LogP contribution in [0.1, 0.15) is 24.5 Å². The van der Waals surface area contributed by atoms with E-state index in [1.54, 1.807) is 17.1 Å². The summed E-state index contributed by atoms with van der Waals surface area (Å²) in [6.45, 7) is 1.86. The summed E-state index contributed by atoms with van der Waals surface area (Å²) < 4.78 is 1.67. The predicted octanol–water partition coefficient (Wildman–Crippen LogP) is 2.23. The van der Waals surface area contributed by atoms with Gasteiger partial charge >= 0.3 is 0 Å². The van der Waals surface area contributed by atoms with Gasteiger partial charge in [0.2, 0.25) is 5.91 Å². The van der Waals surface area contributed by atoms with Crippen LogP contribution in [0.3, 0.4) is 0 Å². The molecular formula is C18H19N5O. The van der Waals surface area contributed by atoms with E-state index < -0.39 is 0 Å². The number of pyridine rings is 2. The van der Waals surface area contributed by atoms with Crippen molar-refractivity contribution in [1.82, 2.24) is 24.6 Å². The van der Waals surface area contributed by atoms with E-state index in [4.69, 9.17) is 4.98 Å². The third-order valence-corrected chi connectivity index (χ3v) is 4.61. The second kappa shape index (κ2) is 6.39. The average molecular weight is 321 g/mol. The third-order valence-electron chi connectivity index (χ3n) is 4.61. The SMILES string of the molecule is O=C(Cn1cccn1)N1CCC(c2ccc3cccnc3n2)CC1. The van der Waals surface area contributed by atoms with E-state index in [0.717, 1.165) is 42.7 Å². The number of hydrogen-bond acceptors (Lipinski definition) is 4. The van der Waals surface area contributed by atoms with E-state index in [0.29, 0.717) is 12.5 Å². The molecule has 0 radical (unpaired) electrons. The lowest BCUT2D eigenvalue weighted by atomic mass is 9.93. The normalized spacial score (nSPS) is 15.8. The number of aromatic nitrogens is 4. The van der Waals surface area contributed by atoms with Crippen molar-refractivity contribution in [2.75, 3.05) is 13.1 Å². The van der Waals surface area contributed by atoms with E-state index in [-0.39, 0.29) is 5.91 Å². The van der Waals surface area contributed by atoms with Gasteiger partial charge in [-0.25, -0.2) is 9.97 Å². The zero-order valence-corrected chi connectivity index (χ0v) is 13.4. The maximum atomic E-state index is 12.3. The first kappa shape index (κ1) is 14.8. The van der Waals surface area contributed by atoms with Gasteiger partial charge in [0.25, 0.3) is 0 Å². The molecule has 0 unspecified atom stereocenters. The number of carbonyl (C=O) groups is 1. The first-order valence-corrected chi connectivity index (χ1v) is 8.26. The third kappa shape index (κ3) is 2.99. The van der Waals surface area contributed by atoms with Crippen LogP contribution < -0.4 is 0 Å². The Morgan fingerprint density at radius 3 is 2.79 bits per heavy atom. The van der Waals surface area contributed by atoms with Crippen molar-refractivity contribution in [2.45, 2.75) is 25.3 Å². The number of hydrogen-bond donors (Lipinski definition) is 0. The van der Waals surface area contributed by atoms with Crippen LogP contribution in [0.2, 0.25) is 0 Å². The first-order chi connectivity index (χ1) is 11.8. The fraction of sp³-hybridized carbons (Fsp3) is 0.333. The van der Waals surface area contributed by atoms with Crippen LogP contribution in [0.5, 0.6) is 0 Å². The minimum Gasteiger partial charge on any atom is -0.341 e.